The highest BCUT2D eigenvalue weighted by atomic mass is 32.2. The van der Waals surface area contributed by atoms with Gasteiger partial charge in [0.1, 0.15) is 0 Å². The summed E-state index contributed by atoms with van der Waals surface area (Å²) in [5.74, 6) is 1.02. The lowest BCUT2D eigenvalue weighted by atomic mass is 9.95. The first-order chi connectivity index (χ1) is 18.3. The monoisotopic (exact) mass is 566 g/mol. The maximum absolute atomic E-state index is 11.5. The van der Waals surface area contributed by atoms with Crippen molar-refractivity contribution in [2.45, 2.75) is 0 Å². The second-order valence-corrected chi connectivity index (χ2v) is 11.9. The summed E-state index contributed by atoms with van der Waals surface area (Å²) in [4.78, 5) is 5.22. The van der Waals surface area contributed by atoms with Crippen LogP contribution in [0.5, 0.6) is 5.75 Å². The molecule has 3 rings (SSSR count). The van der Waals surface area contributed by atoms with E-state index >= 15 is 0 Å². The summed E-state index contributed by atoms with van der Waals surface area (Å²) in [6.07, 6.45) is 8.58. The van der Waals surface area contributed by atoms with Crippen molar-refractivity contribution in [1.82, 2.24) is 0 Å². The minimum Gasteiger partial charge on any atom is -0.439 e. The van der Waals surface area contributed by atoms with E-state index in [2.05, 4.69) is 20.4 Å². The third kappa shape index (κ3) is 7.72. The number of nitrogens with zero attached hydrogens (tertiary/aromatic N) is 3. The highest BCUT2D eigenvalue weighted by molar-refractivity contribution is 7.92. The highest BCUT2D eigenvalue weighted by Gasteiger charge is 2.23. The Hall–Kier alpha value is -4.56. The Morgan fingerprint density at radius 1 is 1.08 bits per heavy atom. The van der Waals surface area contributed by atoms with Crippen molar-refractivity contribution in [3.05, 3.63) is 101 Å². The molecule has 0 fully saturated rings. The molecule has 2 aromatic rings. The molecule has 202 valence electrons. The summed E-state index contributed by atoms with van der Waals surface area (Å²) in [5.41, 5.74) is 8.41. The van der Waals surface area contributed by atoms with E-state index in [1.165, 1.54) is 18.2 Å². The van der Waals surface area contributed by atoms with Crippen molar-refractivity contribution in [2.24, 2.45) is 5.73 Å². The molecule has 4 N–H and O–H groups in total. The summed E-state index contributed by atoms with van der Waals surface area (Å²) in [5, 5.41) is 9.86. The van der Waals surface area contributed by atoms with Crippen LogP contribution in [0.25, 0.3) is 10.4 Å². The van der Waals surface area contributed by atoms with Gasteiger partial charge >= 0.3 is 0 Å². The Labute approximate surface area is 228 Å². The molecule has 1 aliphatic rings. The maximum Gasteiger partial charge on any atom is 0.229 e. The van der Waals surface area contributed by atoms with E-state index in [0.29, 0.717) is 39.8 Å². The third-order valence-electron chi connectivity index (χ3n) is 5.26. The van der Waals surface area contributed by atoms with Crippen LogP contribution in [0.3, 0.4) is 0 Å². The Balaban J connectivity index is 1.87. The van der Waals surface area contributed by atoms with Crippen molar-refractivity contribution in [3.8, 4) is 11.8 Å². The van der Waals surface area contributed by atoms with Gasteiger partial charge in [-0.2, -0.15) is 5.26 Å². The smallest absolute Gasteiger partial charge is 0.229 e. The Kier molecular flexibility index (Phi) is 8.83. The summed E-state index contributed by atoms with van der Waals surface area (Å²) >= 11 is 0. The topological polar surface area (TPSA) is 159 Å². The number of hydrogen-bond acceptors (Lipinski definition) is 8. The molecule has 0 radical (unpaired) electrons. The third-order valence-corrected chi connectivity index (χ3v) is 6.48. The Bertz CT molecular complexity index is 1690. The molecule has 13 heteroatoms. The molecule has 0 spiro atoms. The van der Waals surface area contributed by atoms with E-state index in [1.807, 2.05) is 0 Å². The molecule has 0 bridgehead atoms. The number of nitrogens with one attached hydrogen (secondary N) is 2. The average molecular weight is 567 g/mol. The molecule has 0 saturated heterocycles. The zero-order valence-electron chi connectivity index (χ0n) is 21.3. The minimum absolute atomic E-state index is 0.0952. The van der Waals surface area contributed by atoms with Crippen LogP contribution in [0.4, 0.5) is 17.1 Å². The molecule has 0 aliphatic carbocycles. The van der Waals surface area contributed by atoms with Crippen LogP contribution in [0.1, 0.15) is 5.56 Å². The Morgan fingerprint density at radius 3 is 2.26 bits per heavy atom. The van der Waals surface area contributed by atoms with Gasteiger partial charge in [0.2, 0.25) is 20.0 Å². The molecule has 1 aliphatic heterocycles. The molecule has 0 atom stereocenters. The van der Waals surface area contributed by atoms with Gasteiger partial charge in [-0.25, -0.2) is 21.7 Å². The molecule has 0 saturated carbocycles. The molecule has 11 nitrogen and oxygen atoms in total. The number of nitrogens with two attached hydrogens (primary N) is 1. The van der Waals surface area contributed by atoms with Crippen LogP contribution in [0, 0.1) is 17.9 Å². The van der Waals surface area contributed by atoms with Gasteiger partial charge < -0.3 is 15.4 Å². The predicted octanol–water partition coefficient (Wildman–Crippen LogP) is 3.40. The number of ether oxygens (including phenoxy) is 1. The van der Waals surface area contributed by atoms with Crippen molar-refractivity contribution >= 4 is 42.7 Å². The van der Waals surface area contributed by atoms with Crippen LogP contribution >= 0.6 is 0 Å². The highest BCUT2D eigenvalue weighted by Crippen LogP contribution is 2.39. The van der Waals surface area contributed by atoms with Crippen molar-refractivity contribution < 1.29 is 21.6 Å². The number of fused-ring (bicyclic) bond motifs is 1. The van der Waals surface area contributed by atoms with Crippen molar-refractivity contribution in [1.29, 1.82) is 5.26 Å². The van der Waals surface area contributed by atoms with E-state index in [0.717, 1.165) is 12.5 Å². The molecule has 0 aromatic heterocycles. The quantitative estimate of drug-likeness (QED) is 0.237. The molecule has 1 heterocycles. The number of nitriles is 1. The first-order valence-electron chi connectivity index (χ1n) is 11.3. The van der Waals surface area contributed by atoms with E-state index in [4.69, 9.17) is 17.0 Å². The zero-order chi connectivity index (χ0) is 28.8. The molecule has 39 heavy (non-hydrogen) atoms. The first kappa shape index (κ1) is 29.0. The second kappa shape index (κ2) is 11.9. The van der Waals surface area contributed by atoms with Gasteiger partial charge in [0.25, 0.3) is 0 Å². The fourth-order valence-corrected chi connectivity index (χ4v) is 4.77. The lowest BCUT2D eigenvalue weighted by molar-refractivity contribution is 0.444. The number of anilines is 3. The van der Waals surface area contributed by atoms with Gasteiger partial charge in [0.15, 0.2) is 17.3 Å². The summed E-state index contributed by atoms with van der Waals surface area (Å²) in [6.45, 7) is 7.42. The van der Waals surface area contributed by atoms with Gasteiger partial charge in [-0.1, -0.05) is 24.3 Å². The summed E-state index contributed by atoms with van der Waals surface area (Å²) in [7, 11) is -5.12. The SMILES string of the molecule is [C-]#[N+]\C(CN)=C(/C(C#N)=C/C=C/C=C1\Oc2ccc(NS(C)(=O)=O)cc2N1C)c1ccc(NS(C)(=O)=O)cc1. The largest absolute Gasteiger partial charge is 0.439 e. The molecule has 0 amide bonds. The number of hydrogen-bond donors (Lipinski definition) is 3. The predicted molar refractivity (Wildman–Crippen MR) is 152 cm³/mol. The number of sulfonamides is 2. The van der Waals surface area contributed by atoms with Crippen LogP contribution in [0.2, 0.25) is 0 Å². The van der Waals surface area contributed by atoms with Crippen LogP contribution in [-0.4, -0.2) is 42.9 Å². The first-order valence-corrected chi connectivity index (χ1v) is 15.0. The van der Waals surface area contributed by atoms with Gasteiger partial charge in [-0.3, -0.25) is 9.44 Å². The molecular formula is C26H26N6O5S2. The Morgan fingerprint density at radius 2 is 1.69 bits per heavy atom. The summed E-state index contributed by atoms with van der Waals surface area (Å²) in [6, 6.07) is 13.3. The second-order valence-electron chi connectivity index (χ2n) is 8.39. The normalized spacial score (nSPS) is 15.3. The fraction of sp³-hybridized carbons (Fsp3) is 0.154. The van der Waals surface area contributed by atoms with Gasteiger partial charge in [-0.15, -0.1) is 0 Å². The van der Waals surface area contributed by atoms with E-state index in [9.17, 15) is 22.1 Å². The maximum atomic E-state index is 11.5. The lowest BCUT2D eigenvalue weighted by Gasteiger charge is -2.11. The van der Waals surface area contributed by atoms with Gasteiger partial charge in [-0.05, 0) is 48.0 Å². The molecular weight excluding hydrogens is 540 g/mol. The van der Waals surface area contributed by atoms with Crippen molar-refractivity contribution in [2.75, 3.05) is 40.4 Å². The van der Waals surface area contributed by atoms with Crippen LogP contribution in [-0.2, 0) is 20.0 Å². The van der Waals surface area contributed by atoms with E-state index in [-0.39, 0.29) is 17.8 Å². The number of benzene rings is 2. The van der Waals surface area contributed by atoms with Crippen LogP contribution in [0.15, 0.2) is 83.9 Å². The number of allylic oxidation sites excluding steroid dienone is 6. The van der Waals surface area contributed by atoms with Gasteiger partial charge in [0, 0.05) is 30.4 Å². The van der Waals surface area contributed by atoms with Crippen molar-refractivity contribution in [3.63, 3.8) is 0 Å². The van der Waals surface area contributed by atoms with E-state index < -0.39 is 20.0 Å². The van der Waals surface area contributed by atoms with Gasteiger partial charge in [0.05, 0.1) is 36.5 Å². The average Bonchev–Trinajstić information content (AvgIpc) is 3.16. The standard InChI is InChI=1S/C26H26N6O5S2/c1-29-22(17-28)26(18-9-11-20(12-10-18)30-38(3,33)34)19(16-27)7-5-6-8-25-32(2)23-15-21(31-39(4,35)36)13-14-24(23)37-25/h5-15,30-31H,17,28H2,2-4H3/b6-5+,19-7+,25-8-,26-22-. The van der Waals surface area contributed by atoms with Crippen LogP contribution < -0.4 is 24.8 Å². The lowest BCUT2D eigenvalue weighted by Crippen LogP contribution is -2.13. The zero-order valence-corrected chi connectivity index (χ0v) is 23.0. The molecule has 0 unspecified atom stereocenters. The summed E-state index contributed by atoms with van der Waals surface area (Å²) < 4.78 is 56.7. The minimum atomic E-state index is -3.46. The van der Waals surface area contributed by atoms with E-state index in [1.54, 1.807) is 60.5 Å². The fourth-order valence-electron chi connectivity index (χ4n) is 3.66. The number of rotatable bonds is 9. The molecule has 2 aromatic carbocycles.